The van der Waals surface area contributed by atoms with Crippen molar-refractivity contribution in [2.75, 3.05) is 5.43 Å². The maximum atomic E-state index is 5.14. The van der Waals surface area contributed by atoms with Crippen LogP contribution in [0, 0.1) is 0 Å². The van der Waals surface area contributed by atoms with Gasteiger partial charge >= 0.3 is 0 Å². The Kier molecular flexibility index (Phi) is 1.96. The largest absolute Gasteiger partial charge is 0.308 e. The van der Waals surface area contributed by atoms with Crippen molar-refractivity contribution in [2.45, 2.75) is 0 Å². The minimum absolute atomic E-state index is 0.588. The second-order valence-corrected chi connectivity index (χ2v) is 1.68. The average Bonchev–Trinajstić information content (AvgIpc) is 2.04. The van der Waals surface area contributed by atoms with Crippen LogP contribution in [0.2, 0.25) is 0 Å². The van der Waals surface area contributed by atoms with Crippen LogP contribution >= 0.6 is 0 Å². The molecule has 0 aliphatic rings. The van der Waals surface area contributed by atoms with Crippen LogP contribution < -0.4 is 11.3 Å². The highest BCUT2D eigenvalue weighted by atomic mass is 15.3. The van der Waals surface area contributed by atoms with Crippen molar-refractivity contribution in [3.63, 3.8) is 0 Å². The molecule has 0 bridgehead atoms. The Bertz CT molecular complexity index is 233. The molecule has 4 nitrogen and oxygen atoms in total. The molecule has 0 saturated carbocycles. The number of nitrogens with one attached hydrogen (secondary N) is 1. The lowest BCUT2D eigenvalue weighted by Crippen LogP contribution is -2.09. The van der Waals surface area contributed by atoms with Gasteiger partial charge in [-0.3, -0.25) is 0 Å². The fraction of sp³-hybridized carbons (Fsp3) is 0. The molecule has 0 spiro atoms. The van der Waals surface area contributed by atoms with E-state index in [1.807, 2.05) is 0 Å². The zero-order valence-corrected chi connectivity index (χ0v) is 5.41. The molecular weight excluding hydrogens is 128 g/mol. The topological polar surface area (TPSA) is 63.8 Å². The van der Waals surface area contributed by atoms with Crippen molar-refractivity contribution in [3.05, 3.63) is 24.7 Å². The van der Waals surface area contributed by atoms with Crippen LogP contribution in [0.4, 0.5) is 5.82 Å². The first-order valence-corrected chi connectivity index (χ1v) is 2.77. The number of hydrazine groups is 1. The zero-order valence-electron chi connectivity index (χ0n) is 5.41. The van der Waals surface area contributed by atoms with Gasteiger partial charge in [0.2, 0.25) is 0 Å². The standard InChI is InChI=1S/C6H8N4/c1-2-5-3-8-4-9-6(5)10-7/h2-4H,1,7H2,(H,8,9,10). The Morgan fingerprint density at radius 3 is 3.00 bits per heavy atom. The fourth-order valence-corrected chi connectivity index (χ4v) is 0.610. The Hall–Kier alpha value is -1.42. The van der Waals surface area contributed by atoms with Gasteiger partial charge in [0.1, 0.15) is 6.33 Å². The molecule has 0 unspecified atom stereocenters. The Morgan fingerprint density at radius 1 is 1.70 bits per heavy atom. The summed E-state index contributed by atoms with van der Waals surface area (Å²) < 4.78 is 0. The first-order chi connectivity index (χ1) is 4.88. The molecule has 0 amide bonds. The predicted molar refractivity (Wildman–Crippen MR) is 39.9 cm³/mol. The third-order valence-corrected chi connectivity index (χ3v) is 1.10. The number of hydrogen-bond acceptors (Lipinski definition) is 4. The quantitative estimate of drug-likeness (QED) is 0.456. The molecule has 1 rings (SSSR count). The smallest absolute Gasteiger partial charge is 0.150 e. The van der Waals surface area contributed by atoms with Gasteiger partial charge in [-0.25, -0.2) is 15.8 Å². The summed E-state index contributed by atoms with van der Waals surface area (Å²) >= 11 is 0. The summed E-state index contributed by atoms with van der Waals surface area (Å²) in [7, 11) is 0. The number of nitrogen functional groups attached to an aromatic ring is 1. The summed E-state index contributed by atoms with van der Waals surface area (Å²) in [4.78, 5) is 7.64. The van der Waals surface area contributed by atoms with Crippen molar-refractivity contribution < 1.29 is 0 Å². The van der Waals surface area contributed by atoms with Gasteiger partial charge in [0.15, 0.2) is 5.82 Å². The molecule has 0 fully saturated rings. The molecule has 3 N–H and O–H groups in total. The first kappa shape index (κ1) is 6.70. The normalized spacial score (nSPS) is 8.90. The SMILES string of the molecule is C=Cc1cncnc1NN. The minimum atomic E-state index is 0.588. The van der Waals surface area contributed by atoms with Gasteiger partial charge in [-0.1, -0.05) is 12.7 Å². The van der Waals surface area contributed by atoms with Gasteiger partial charge in [0, 0.05) is 11.8 Å². The van der Waals surface area contributed by atoms with Crippen LogP contribution in [-0.4, -0.2) is 9.97 Å². The highest BCUT2D eigenvalue weighted by Crippen LogP contribution is 2.07. The maximum absolute atomic E-state index is 5.14. The minimum Gasteiger partial charge on any atom is -0.308 e. The molecule has 0 radical (unpaired) electrons. The molecule has 1 aromatic rings. The maximum Gasteiger partial charge on any atom is 0.150 e. The molecule has 0 aliphatic heterocycles. The van der Waals surface area contributed by atoms with Crippen LogP contribution in [0.1, 0.15) is 5.56 Å². The number of nitrogens with zero attached hydrogens (tertiary/aromatic N) is 2. The molecule has 0 atom stereocenters. The van der Waals surface area contributed by atoms with Gasteiger partial charge in [0.05, 0.1) is 0 Å². The summed E-state index contributed by atoms with van der Waals surface area (Å²) in [6.07, 6.45) is 4.69. The van der Waals surface area contributed by atoms with E-state index in [9.17, 15) is 0 Å². The first-order valence-electron chi connectivity index (χ1n) is 2.77. The summed E-state index contributed by atoms with van der Waals surface area (Å²) in [6.45, 7) is 3.56. The van der Waals surface area contributed by atoms with Crippen molar-refractivity contribution in [2.24, 2.45) is 5.84 Å². The number of nitrogens with two attached hydrogens (primary N) is 1. The van der Waals surface area contributed by atoms with E-state index in [1.54, 1.807) is 12.3 Å². The van der Waals surface area contributed by atoms with Crippen molar-refractivity contribution in [1.29, 1.82) is 0 Å². The van der Waals surface area contributed by atoms with Gasteiger partial charge < -0.3 is 5.43 Å². The number of hydrogen-bond donors (Lipinski definition) is 2. The van der Waals surface area contributed by atoms with E-state index in [0.29, 0.717) is 5.82 Å². The molecular formula is C6H8N4. The highest BCUT2D eigenvalue weighted by molar-refractivity contribution is 5.59. The lowest BCUT2D eigenvalue weighted by Gasteiger charge is -1.99. The lowest BCUT2D eigenvalue weighted by molar-refractivity contribution is 1.13. The highest BCUT2D eigenvalue weighted by Gasteiger charge is 1.94. The summed E-state index contributed by atoms with van der Waals surface area (Å²) in [5.74, 6) is 5.73. The van der Waals surface area contributed by atoms with Gasteiger partial charge in [0.25, 0.3) is 0 Å². The van der Waals surface area contributed by atoms with Crippen LogP contribution in [0.15, 0.2) is 19.1 Å². The third kappa shape index (κ3) is 1.11. The van der Waals surface area contributed by atoms with E-state index < -0.39 is 0 Å². The van der Waals surface area contributed by atoms with Gasteiger partial charge in [-0.05, 0) is 0 Å². The average molecular weight is 136 g/mol. The van der Waals surface area contributed by atoms with E-state index in [-0.39, 0.29) is 0 Å². The van der Waals surface area contributed by atoms with E-state index in [1.165, 1.54) is 6.33 Å². The van der Waals surface area contributed by atoms with Crippen molar-refractivity contribution in [3.8, 4) is 0 Å². The molecule has 10 heavy (non-hydrogen) atoms. The van der Waals surface area contributed by atoms with E-state index in [0.717, 1.165) is 5.56 Å². The molecule has 1 heterocycles. The van der Waals surface area contributed by atoms with Crippen LogP contribution in [-0.2, 0) is 0 Å². The number of anilines is 1. The van der Waals surface area contributed by atoms with Crippen LogP contribution in [0.25, 0.3) is 6.08 Å². The molecule has 0 saturated heterocycles. The second-order valence-electron chi connectivity index (χ2n) is 1.68. The van der Waals surface area contributed by atoms with Crippen LogP contribution in [0.3, 0.4) is 0 Å². The van der Waals surface area contributed by atoms with E-state index in [4.69, 9.17) is 5.84 Å². The van der Waals surface area contributed by atoms with E-state index >= 15 is 0 Å². The van der Waals surface area contributed by atoms with Crippen LogP contribution in [0.5, 0.6) is 0 Å². The predicted octanol–water partition coefficient (Wildman–Crippen LogP) is 0.405. The zero-order chi connectivity index (χ0) is 7.40. The third-order valence-electron chi connectivity index (χ3n) is 1.10. The second kappa shape index (κ2) is 2.93. The Morgan fingerprint density at radius 2 is 2.50 bits per heavy atom. The number of rotatable bonds is 2. The Balaban J connectivity index is 3.08. The molecule has 0 aliphatic carbocycles. The lowest BCUT2D eigenvalue weighted by atomic mass is 10.3. The van der Waals surface area contributed by atoms with E-state index in [2.05, 4.69) is 22.0 Å². The molecule has 4 heteroatoms. The summed E-state index contributed by atoms with van der Waals surface area (Å²) in [5.41, 5.74) is 3.22. The Labute approximate surface area is 58.8 Å². The van der Waals surface area contributed by atoms with Crippen molar-refractivity contribution >= 4 is 11.9 Å². The fourth-order valence-electron chi connectivity index (χ4n) is 0.610. The summed E-state index contributed by atoms with van der Waals surface area (Å²) in [6, 6.07) is 0. The number of aromatic nitrogens is 2. The molecule has 0 aromatic carbocycles. The van der Waals surface area contributed by atoms with Gasteiger partial charge in [-0.2, -0.15) is 0 Å². The molecule has 1 aromatic heterocycles. The van der Waals surface area contributed by atoms with Gasteiger partial charge in [-0.15, -0.1) is 0 Å². The molecule has 52 valence electrons. The van der Waals surface area contributed by atoms with Crippen molar-refractivity contribution in [1.82, 2.24) is 9.97 Å². The summed E-state index contributed by atoms with van der Waals surface area (Å²) in [5, 5.41) is 0. The monoisotopic (exact) mass is 136 g/mol.